The van der Waals surface area contributed by atoms with Crippen LogP contribution in [0.5, 0.6) is 0 Å². The fourth-order valence-electron chi connectivity index (χ4n) is 1.87. The summed E-state index contributed by atoms with van der Waals surface area (Å²) in [7, 11) is 0. The maximum absolute atomic E-state index is 10.9. The molecule has 2 aromatic rings. The molecule has 0 unspecified atom stereocenters. The topological polar surface area (TPSA) is 57.5 Å². The van der Waals surface area contributed by atoms with E-state index in [1.807, 2.05) is 30.3 Å². The van der Waals surface area contributed by atoms with Crippen molar-refractivity contribution in [1.29, 1.82) is 0 Å². The fourth-order valence-corrected chi connectivity index (χ4v) is 1.87. The van der Waals surface area contributed by atoms with E-state index in [-0.39, 0.29) is 12.2 Å². The maximum Gasteiger partial charge on any atom is 0.335 e. The third kappa shape index (κ3) is 2.76. The van der Waals surface area contributed by atoms with Crippen LogP contribution in [-0.2, 0) is 6.42 Å². The molecule has 0 fully saturated rings. The van der Waals surface area contributed by atoms with Crippen LogP contribution in [0.25, 0.3) is 11.1 Å². The summed E-state index contributed by atoms with van der Waals surface area (Å²) in [5.41, 5.74) is 3.15. The maximum atomic E-state index is 10.9. The normalized spacial score (nSPS) is 10.3. The van der Waals surface area contributed by atoms with Gasteiger partial charge in [0.05, 0.1) is 5.56 Å². The minimum absolute atomic E-state index is 0.110. The van der Waals surface area contributed by atoms with Gasteiger partial charge < -0.3 is 10.2 Å². The molecule has 2 N–H and O–H groups in total. The monoisotopic (exact) mass is 242 g/mol. The Morgan fingerprint density at radius 1 is 1.00 bits per heavy atom. The van der Waals surface area contributed by atoms with Crippen molar-refractivity contribution in [3.8, 4) is 11.1 Å². The van der Waals surface area contributed by atoms with Crippen LogP contribution in [0.3, 0.4) is 0 Å². The molecule has 2 rings (SSSR count). The number of aliphatic hydroxyl groups excluding tert-OH is 1. The highest BCUT2D eigenvalue weighted by molar-refractivity contribution is 5.89. The Morgan fingerprint density at radius 3 is 2.33 bits per heavy atom. The second kappa shape index (κ2) is 5.47. The summed E-state index contributed by atoms with van der Waals surface area (Å²) in [6.07, 6.45) is 0.604. The Kier molecular flexibility index (Phi) is 3.75. The molecule has 3 nitrogen and oxygen atoms in total. The van der Waals surface area contributed by atoms with Crippen molar-refractivity contribution in [1.82, 2.24) is 0 Å². The van der Waals surface area contributed by atoms with E-state index in [0.29, 0.717) is 6.42 Å². The minimum Gasteiger partial charge on any atom is -0.478 e. The summed E-state index contributed by atoms with van der Waals surface area (Å²) in [6, 6.07) is 14.6. The van der Waals surface area contributed by atoms with Crippen LogP contribution in [-0.4, -0.2) is 22.8 Å². The lowest BCUT2D eigenvalue weighted by Gasteiger charge is -2.05. The van der Waals surface area contributed by atoms with E-state index >= 15 is 0 Å². The zero-order chi connectivity index (χ0) is 13.0. The van der Waals surface area contributed by atoms with Gasteiger partial charge in [0.2, 0.25) is 0 Å². The van der Waals surface area contributed by atoms with Crippen LogP contribution < -0.4 is 0 Å². The molecular formula is C15H14O3. The van der Waals surface area contributed by atoms with Crippen molar-refractivity contribution in [2.75, 3.05) is 6.61 Å². The summed E-state index contributed by atoms with van der Waals surface area (Å²) in [5.74, 6) is -0.927. The second-order valence-electron chi connectivity index (χ2n) is 4.06. The molecule has 0 heterocycles. The third-order valence-corrected chi connectivity index (χ3v) is 2.77. The third-order valence-electron chi connectivity index (χ3n) is 2.77. The average Bonchev–Trinajstić information content (AvgIpc) is 2.39. The summed E-state index contributed by atoms with van der Waals surface area (Å²) in [4.78, 5) is 10.9. The molecule has 18 heavy (non-hydrogen) atoms. The number of carboxylic acid groups (broad SMARTS) is 1. The van der Waals surface area contributed by atoms with Crippen molar-refractivity contribution >= 4 is 5.97 Å². The molecule has 0 radical (unpaired) electrons. The van der Waals surface area contributed by atoms with E-state index in [9.17, 15) is 4.79 Å². The number of carboxylic acids is 1. The van der Waals surface area contributed by atoms with E-state index in [4.69, 9.17) is 10.2 Å². The summed E-state index contributed by atoms with van der Waals surface area (Å²) >= 11 is 0. The molecule has 0 saturated heterocycles. The highest BCUT2D eigenvalue weighted by Gasteiger charge is 2.05. The molecule has 3 heteroatoms. The molecule has 0 aliphatic rings. The SMILES string of the molecule is O=C(O)c1cccc(-c2cccc(CCO)c2)c1. The van der Waals surface area contributed by atoms with Crippen LogP contribution in [0, 0.1) is 0 Å². The van der Waals surface area contributed by atoms with Crippen molar-refractivity contribution < 1.29 is 15.0 Å². The van der Waals surface area contributed by atoms with Gasteiger partial charge in [-0.1, -0.05) is 36.4 Å². The zero-order valence-corrected chi connectivity index (χ0v) is 9.84. The number of hydrogen-bond donors (Lipinski definition) is 2. The van der Waals surface area contributed by atoms with Gasteiger partial charge in [-0.2, -0.15) is 0 Å². The van der Waals surface area contributed by atoms with Gasteiger partial charge >= 0.3 is 5.97 Å². The van der Waals surface area contributed by atoms with Crippen molar-refractivity contribution in [3.63, 3.8) is 0 Å². The van der Waals surface area contributed by atoms with Crippen LogP contribution in [0.4, 0.5) is 0 Å². The van der Waals surface area contributed by atoms with Gasteiger partial charge in [0.15, 0.2) is 0 Å². The summed E-state index contributed by atoms with van der Waals surface area (Å²) in [6.45, 7) is 0.110. The molecule has 0 bridgehead atoms. The van der Waals surface area contributed by atoms with Crippen LogP contribution in [0.2, 0.25) is 0 Å². The molecule has 0 aliphatic carbocycles. The van der Waals surface area contributed by atoms with Gasteiger partial charge in [0, 0.05) is 6.61 Å². The number of hydrogen-bond acceptors (Lipinski definition) is 2. The highest BCUT2D eigenvalue weighted by Crippen LogP contribution is 2.21. The van der Waals surface area contributed by atoms with Crippen molar-refractivity contribution in [2.45, 2.75) is 6.42 Å². The van der Waals surface area contributed by atoms with Gasteiger partial charge in [-0.05, 0) is 35.2 Å². The molecule has 0 saturated carbocycles. The van der Waals surface area contributed by atoms with E-state index < -0.39 is 5.97 Å². The Balaban J connectivity index is 2.38. The van der Waals surface area contributed by atoms with E-state index in [1.165, 1.54) is 0 Å². The lowest BCUT2D eigenvalue weighted by Crippen LogP contribution is -1.96. The highest BCUT2D eigenvalue weighted by atomic mass is 16.4. The molecule has 0 atom stereocenters. The standard InChI is InChI=1S/C15H14O3/c16-8-7-11-3-1-4-12(9-11)13-5-2-6-14(10-13)15(17)18/h1-6,9-10,16H,7-8H2,(H,17,18). The van der Waals surface area contributed by atoms with Gasteiger partial charge in [0.1, 0.15) is 0 Å². The zero-order valence-electron chi connectivity index (χ0n) is 9.84. The Labute approximate surface area is 105 Å². The van der Waals surface area contributed by atoms with Gasteiger partial charge in [0.25, 0.3) is 0 Å². The predicted octanol–water partition coefficient (Wildman–Crippen LogP) is 2.59. The summed E-state index contributed by atoms with van der Waals surface area (Å²) in [5, 5.41) is 17.9. The van der Waals surface area contributed by atoms with Crippen LogP contribution >= 0.6 is 0 Å². The second-order valence-corrected chi connectivity index (χ2v) is 4.06. The lowest BCUT2D eigenvalue weighted by atomic mass is 10.0. The van der Waals surface area contributed by atoms with Crippen LogP contribution in [0.1, 0.15) is 15.9 Å². The predicted molar refractivity (Wildman–Crippen MR) is 69.6 cm³/mol. The quantitative estimate of drug-likeness (QED) is 0.866. The molecule has 0 aromatic heterocycles. The molecular weight excluding hydrogens is 228 g/mol. The van der Waals surface area contributed by atoms with Gasteiger partial charge in [-0.3, -0.25) is 0 Å². The Morgan fingerprint density at radius 2 is 1.67 bits per heavy atom. The Bertz CT molecular complexity index is 561. The van der Waals surface area contributed by atoms with E-state index in [0.717, 1.165) is 16.7 Å². The molecule has 0 amide bonds. The first kappa shape index (κ1) is 12.3. The van der Waals surface area contributed by atoms with Crippen molar-refractivity contribution in [2.24, 2.45) is 0 Å². The minimum atomic E-state index is -0.927. The first-order valence-corrected chi connectivity index (χ1v) is 5.74. The fraction of sp³-hybridized carbons (Fsp3) is 0.133. The number of benzene rings is 2. The lowest BCUT2D eigenvalue weighted by molar-refractivity contribution is 0.0697. The first-order valence-electron chi connectivity index (χ1n) is 5.74. The average molecular weight is 242 g/mol. The molecule has 0 spiro atoms. The number of aromatic carboxylic acids is 1. The molecule has 92 valence electrons. The smallest absolute Gasteiger partial charge is 0.335 e. The van der Waals surface area contributed by atoms with Crippen molar-refractivity contribution in [3.05, 3.63) is 59.7 Å². The Hall–Kier alpha value is -2.13. The number of aliphatic hydroxyl groups is 1. The number of rotatable bonds is 4. The molecule has 2 aromatic carbocycles. The largest absolute Gasteiger partial charge is 0.478 e. The van der Waals surface area contributed by atoms with Gasteiger partial charge in [-0.25, -0.2) is 4.79 Å². The van der Waals surface area contributed by atoms with E-state index in [2.05, 4.69) is 0 Å². The van der Waals surface area contributed by atoms with E-state index in [1.54, 1.807) is 18.2 Å². The van der Waals surface area contributed by atoms with Gasteiger partial charge in [-0.15, -0.1) is 0 Å². The number of carbonyl (C=O) groups is 1. The molecule has 0 aliphatic heterocycles. The first-order chi connectivity index (χ1) is 8.70. The van der Waals surface area contributed by atoms with Crippen LogP contribution in [0.15, 0.2) is 48.5 Å². The summed E-state index contributed by atoms with van der Waals surface area (Å²) < 4.78 is 0.